The van der Waals surface area contributed by atoms with Crippen LogP contribution >= 0.6 is 11.6 Å². The molecule has 0 spiro atoms. The zero-order valence-corrected chi connectivity index (χ0v) is 17.7. The number of ether oxygens (including phenoxy) is 1. The van der Waals surface area contributed by atoms with E-state index in [1.165, 1.54) is 0 Å². The van der Waals surface area contributed by atoms with Gasteiger partial charge in [-0.15, -0.1) is 0 Å². The Morgan fingerprint density at radius 1 is 1.13 bits per heavy atom. The summed E-state index contributed by atoms with van der Waals surface area (Å²) in [4.78, 5) is 22.4. The number of nitrogens with two attached hydrogens (primary N) is 1. The lowest BCUT2D eigenvalue weighted by Crippen LogP contribution is -2.14. The minimum Gasteiger partial charge on any atom is -0.462 e. The molecule has 2 N–H and O–H groups in total. The molecule has 0 aliphatic carbocycles. The van der Waals surface area contributed by atoms with Crippen LogP contribution in [0.1, 0.15) is 36.2 Å². The van der Waals surface area contributed by atoms with Crippen molar-refractivity contribution < 1.29 is 9.53 Å². The van der Waals surface area contributed by atoms with Gasteiger partial charge in [0.1, 0.15) is 16.9 Å². The first-order chi connectivity index (χ1) is 14.5. The molecule has 7 heteroatoms. The maximum atomic E-state index is 13.0. The van der Waals surface area contributed by atoms with Gasteiger partial charge in [-0.25, -0.2) is 14.8 Å². The van der Waals surface area contributed by atoms with Crippen LogP contribution in [-0.4, -0.2) is 27.1 Å². The quantitative estimate of drug-likeness (QED) is 0.438. The Morgan fingerprint density at radius 2 is 1.80 bits per heavy atom. The van der Waals surface area contributed by atoms with E-state index in [0.717, 1.165) is 17.5 Å². The van der Waals surface area contributed by atoms with E-state index >= 15 is 0 Å². The summed E-state index contributed by atoms with van der Waals surface area (Å²) in [5.41, 5.74) is 9.96. The first-order valence-corrected chi connectivity index (χ1v) is 10.3. The smallest absolute Gasteiger partial charge is 0.344 e. The highest BCUT2D eigenvalue weighted by Crippen LogP contribution is 2.30. The molecule has 0 radical (unpaired) electrons. The van der Waals surface area contributed by atoms with Gasteiger partial charge in [0.05, 0.1) is 24.2 Å². The number of hydrogen-bond donors (Lipinski definition) is 1. The summed E-state index contributed by atoms with van der Waals surface area (Å²) in [7, 11) is 0. The fourth-order valence-electron chi connectivity index (χ4n) is 3.28. The fourth-order valence-corrected chi connectivity index (χ4v) is 3.48. The third-order valence-electron chi connectivity index (χ3n) is 5.28. The average Bonchev–Trinajstić information content (AvgIpc) is 3.02. The number of halogens is 1. The third-order valence-corrected chi connectivity index (χ3v) is 5.65. The minimum atomic E-state index is -0.486. The summed E-state index contributed by atoms with van der Waals surface area (Å²) in [6.45, 7) is 4.78. The molecule has 6 nitrogen and oxygen atoms in total. The summed E-state index contributed by atoms with van der Waals surface area (Å²) >= 11 is 6.36. The van der Waals surface area contributed by atoms with Crippen molar-refractivity contribution in [3.8, 4) is 0 Å². The fraction of sp³-hybridized carbons (Fsp3) is 0.261. The van der Waals surface area contributed by atoms with E-state index in [-0.39, 0.29) is 17.3 Å². The van der Waals surface area contributed by atoms with Crippen LogP contribution in [0.15, 0.2) is 48.5 Å². The van der Waals surface area contributed by atoms with Gasteiger partial charge in [0.25, 0.3) is 0 Å². The number of rotatable bonds is 6. The molecule has 0 aliphatic heterocycles. The van der Waals surface area contributed by atoms with Crippen molar-refractivity contribution in [3.05, 3.63) is 64.7 Å². The van der Waals surface area contributed by atoms with Crippen molar-refractivity contribution in [1.29, 1.82) is 0 Å². The molecule has 0 saturated heterocycles. The van der Waals surface area contributed by atoms with E-state index in [0.29, 0.717) is 34.9 Å². The number of hydrogen-bond acceptors (Lipinski definition) is 5. The van der Waals surface area contributed by atoms with E-state index in [2.05, 4.69) is 6.92 Å². The number of anilines is 1. The van der Waals surface area contributed by atoms with Gasteiger partial charge in [0.15, 0.2) is 5.65 Å². The summed E-state index contributed by atoms with van der Waals surface area (Å²) in [5, 5.41) is 0.619. The van der Waals surface area contributed by atoms with Crippen LogP contribution in [0, 0.1) is 5.92 Å². The molecule has 30 heavy (non-hydrogen) atoms. The molecule has 1 atom stereocenters. The first-order valence-electron chi connectivity index (χ1n) is 9.94. The molecule has 2 aromatic carbocycles. The van der Waals surface area contributed by atoms with Gasteiger partial charge in [0, 0.05) is 5.02 Å². The number of carbonyl (C=O) groups is 1. The highest BCUT2D eigenvalue weighted by molar-refractivity contribution is 6.31. The highest BCUT2D eigenvalue weighted by Gasteiger charge is 2.25. The van der Waals surface area contributed by atoms with Crippen LogP contribution in [0.5, 0.6) is 0 Å². The maximum Gasteiger partial charge on any atom is 0.344 e. The highest BCUT2D eigenvalue weighted by atomic mass is 35.5. The monoisotopic (exact) mass is 422 g/mol. The lowest BCUT2D eigenvalue weighted by molar-refractivity contribution is 0.0450. The standard InChI is InChI=1S/C23H23ClN4O2/c1-3-14(2)13-30-23(29)19-20-22(27-18-11-7-6-10-17(18)26-20)28(21(19)25)12-15-8-4-5-9-16(15)24/h4-11,14H,3,12-13,25H2,1-2H3/t14-/m1/s1. The van der Waals surface area contributed by atoms with Crippen LogP contribution < -0.4 is 5.73 Å². The average molecular weight is 423 g/mol. The lowest BCUT2D eigenvalue weighted by atomic mass is 10.1. The molecule has 154 valence electrons. The topological polar surface area (TPSA) is 83.0 Å². The zero-order chi connectivity index (χ0) is 21.3. The predicted octanol–water partition coefficient (Wildman–Crippen LogP) is 5.07. The Kier molecular flexibility index (Phi) is 5.59. The van der Waals surface area contributed by atoms with Gasteiger partial charge in [-0.3, -0.25) is 0 Å². The van der Waals surface area contributed by atoms with Crippen LogP contribution in [0.25, 0.3) is 22.2 Å². The summed E-state index contributed by atoms with van der Waals surface area (Å²) in [5.74, 6) is 0.0493. The molecule has 2 aromatic heterocycles. The number of benzene rings is 2. The Bertz CT molecular complexity index is 1230. The largest absolute Gasteiger partial charge is 0.462 e. The van der Waals surface area contributed by atoms with Gasteiger partial charge in [-0.05, 0) is 29.7 Å². The molecule has 2 heterocycles. The number of para-hydroxylation sites is 2. The molecule has 4 rings (SSSR count). The van der Waals surface area contributed by atoms with Gasteiger partial charge in [0.2, 0.25) is 0 Å². The number of nitrogens with zero attached hydrogens (tertiary/aromatic N) is 3. The summed E-state index contributed by atoms with van der Waals surface area (Å²) in [6.07, 6.45) is 0.918. The molecule has 0 aliphatic rings. The molecule has 0 unspecified atom stereocenters. The number of carbonyl (C=O) groups excluding carboxylic acids is 1. The van der Waals surface area contributed by atoms with Gasteiger partial charge in [-0.2, -0.15) is 0 Å². The zero-order valence-electron chi connectivity index (χ0n) is 16.9. The predicted molar refractivity (Wildman–Crippen MR) is 120 cm³/mol. The lowest BCUT2D eigenvalue weighted by Gasteiger charge is -2.10. The second-order valence-corrected chi connectivity index (χ2v) is 7.84. The van der Waals surface area contributed by atoms with Crippen molar-refractivity contribution in [2.24, 2.45) is 5.92 Å². The van der Waals surface area contributed by atoms with E-state index in [1.54, 1.807) is 4.57 Å². The van der Waals surface area contributed by atoms with E-state index in [9.17, 15) is 4.79 Å². The molecule has 0 saturated carbocycles. The second kappa shape index (κ2) is 8.32. The van der Waals surface area contributed by atoms with Crippen LogP contribution in [-0.2, 0) is 11.3 Å². The number of nitrogen functional groups attached to an aromatic ring is 1. The molecular formula is C23H23ClN4O2. The number of esters is 1. The van der Waals surface area contributed by atoms with Gasteiger partial charge >= 0.3 is 5.97 Å². The van der Waals surface area contributed by atoms with Crippen molar-refractivity contribution in [2.75, 3.05) is 12.3 Å². The minimum absolute atomic E-state index is 0.249. The Labute approximate surface area is 179 Å². The normalized spacial score (nSPS) is 12.4. The van der Waals surface area contributed by atoms with Crippen LogP contribution in [0.3, 0.4) is 0 Å². The van der Waals surface area contributed by atoms with Crippen molar-refractivity contribution in [2.45, 2.75) is 26.8 Å². The Hall–Kier alpha value is -3.12. The van der Waals surface area contributed by atoms with Crippen LogP contribution in [0.2, 0.25) is 5.02 Å². The molecule has 0 fully saturated rings. The van der Waals surface area contributed by atoms with Crippen molar-refractivity contribution in [1.82, 2.24) is 14.5 Å². The van der Waals surface area contributed by atoms with E-state index in [1.807, 2.05) is 55.5 Å². The van der Waals surface area contributed by atoms with Gasteiger partial charge in [-0.1, -0.05) is 62.2 Å². The molecular weight excluding hydrogens is 400 g/mol. The Morgan fingerprint density at radius 3 is 2.50 bits per heavy atom. The molecule has 4 aromatic rings. The molecule has 0 amide bonds. The SMILES string of the molecule is CC[C@@H](C)COC(=O)c1c(N)n(Cc2ccccc2Cl)c2nc3ccccc3nc12. The number of aromatic nitrogens is 3. The first kappa shape index (κ1) is 20.2. The second-order valence-electron chi connectivity index (χ2n) is 7.43. The summed E-state index contributed by atoms with van der Waals surface area (Å²) in [6, 6.07) is 15.0. The van der Waals surface area contributed by atoms with E-state index in [4.69, 9.17) is 32.0 Å². The molecule has 0 bridgehead atoms. The van der Waals surface area contributed by atoms with Crippen molar-refractivity contribution >= 4 is 45.6 Å². The van der Waals surface area contributed by atoms with Gasteiger partial charge < -0.3 is 15.0 Å². The van der Waals surface area contributed by atoms with Crippen LogP contribution in [0.4, 0.5) is 5.82 Å². The van der Waals surface area contributed by atoms with E-state index < -0.39 is 5.97 Å². The summed E-state index contributed by atoms with van der Waals surface area (Å²) < 4.78 is 7.32. The Balaban J connectivity index is 1.87. The van der Waals surface area contributed by atoms with Crippen molar-refractivity contribution in [3.63, 3.8) is 0 Å². The number of fused-ring (bicyclic) bond motifs is 2. The maximum absolute atomic E-state index is 13.0. The third kappa shape index (κ3) is 3.71.